The highest BCUT2D eigenvalue weighted by molar-refractivity contribution is 6.32. The van der Waals surface area contributed by atoms with Gasteiger partial charge in [-0.1, -0.05) is 11.6 Å². The first kappa shape index (κ1) is 19.9. The van der Waals surface area contributed by atoms with E-state index in [-0.39, 0.29) is 30.4 Å². The van der Waals surface area contributed by atoms with E-state index in [1.807, 2.05) is 33.8 Å². The molecule has 0 fully saturated rings. The zero-order valence-electron chi connectivity index (χ0n) is 14.5. The summed E-state index contributed by atoms with van der Waals surface area (Å²) in [6, 6.07) is 6.68. The van der Waals surface area contributed by atoms with Gasteiger partial charge in [0.2, 0.25) is 0 Å². The van der Waals surface area contributed by atoms with Gasteiger partial charge in [0.15, 0.2) is 13.1 Å². The molecule has 7 heteroatoms. The number of amides is 2. The van der Waals surface area contributed by atoms with E-state index in [0.717, 1.165) is 4.90 Å². The zero-order valence-corrected chi connectivity index (χ0v) is 15.3. The number of carbonyl (C=O) groups excluding carboxylic acids is 2. The van der Waals surface area contributed by atoms with E-state index < -0.39 is 0 Å². The van der Waals surface area contributed by atoms with Gasteiger partial charge in [0.25, 0.3) is 11.8 Å². The van der Waals surface area contributed by atoms with Crippen LogP contribution in [-0.4, -0.2) is 37.0 Å². The molecule has 0 spiro atoms. The molecule has 0 aromatic heterocycles. The average Bonchev–Trinajstić information content (AvgIpc) is 2.44. The molecular formula is C17H24ClN4O2+. The molecule has 0 heterocycles. The number of carbonyl (C=O) groups is 2. The van der Waals surface area contributed by atoms with Gasteiger partial charge in [0.05, 0.1) is 17.1 Å². The number of hydrogen-bond acceptors (Lipinski definition) is 3. The molecule has 130 valence electrons. The Morgan fingerprint density at radius 2 is 1.88 bits per heavy atom. The van der Waals surface area contributed by atoms with E-state index in [1.54, 1.807) is 12.1 Å². The third-order valence-corrected chi connectivity index (χ3v) is 3.52. The Kier molecular flexibility index (Phi) is 7.20. The summed E-state index contributed by atoms with van der Waals surface area (Å²) < 4.78 is 0. The van der Waals surface area contributed by atoms with Crippen LogP contribution in [0.5, 0.6) is 0 Å². The molecule has 0 saturated carbocycles. The summed E-state index contributed by atoms with van der Waals surface area (Å²) in [6.45, 7) is 8.72. The summed E-state index contributed by atoms with van der Waals surface area (Å²) in [5, 5.41) is 14.8. The molecule has 0 aliphatic heterocycles. The number of likely N-dealkylation sites (N-methyl/N-ethyl adjacent to an activating group) is 1. The van der Waals surface area contributed by atoms with E-state index in [9.17, 15) is 9.59 Å². The number of benzene rings is 1. The first-order valence-corrected chi connectivity index (χ1v) is 8.16. The molecule has 0 radical (unpaired) electrons. The van der Waals surface area contributed by atoms with Crippen LogP contribution >= 0.6 is 11.6 Å². The predicted molar refractivity (Wildman–Crippen MR) is 93.9 cm³/mol. The lowest BCUT2D eigenvalue weighted by atomic mass is 10.1. The lowest BCUT2D eigenvalue weighted by Crippen LogP contribution is -3.14. The topological polar surface area (TPSA) is 86.4 Å². The highest BCUT2D eigenvalue weighted by atomic mass is 35.5. The minimum Gasteiger partial charge on any atom is -0.347 e. The lowest BCUT2D eigenvalue weighted by Gasteiger charge is -2.23. The standard InChI is InChI=1S/C17H23ClN4O2/c1-5-22(11-16(24)21-17(2,3)4)10-15(23)20-13-7-6-12(9-19)14(18)8-13/h6-8H,5,10-11H2,1-4H3,(H,20,23)(H,21,24)/p+1. The summed E-state index contributed by atoms with van der Waals surface area (Å²) in [7, 11) is 0. The maximum absolute atomic E-state index is 12.1. The second-order valence-electron chi connectivity index (χ2n) is 6.61. The molecule has 0 aliphatic carbocycles. The van der Waals surface area contributed by atoms with Crippen molar-refractivity contribution in [3.05, 3.63) is 28.8 Å². The monoisotopic (exact) mass is 351 g/mol. The van der Waals surface area contributed by atoms with Gasteiger partial charge >= 0.3 is 0 Å². The minimum atomic E-state index is -0.294. The third-order valence-electron chi connectivity index (χ3n) is 3.21. The predicted octanol–water partition coefficient (Wildman–Crippen LogP) is 0.970. The highest BCUT2D eigenvalue weighted by Crippen LogP contribution is 2.19. The van der Waals surface area contributed by atoms with E-state index in [2.05, 4.69) is 10.6 Å². The molecule has 1 aromatic carbocycles. The van der Waals surface area contributed by atoms with Crippen LogP contribution in [0, 0.1) is 11.3 Å². The molecule has 0 saturated heterocycles. The molecule has 0 bridgehead atoms. The average molecular weight is 352 g/mol. The fourth-order valence-electron chi connectivity index (χ4n) is 2.12. The van der Waals surface area contributed by atoms with Gasteiger partial charge in [-0.15, -0.1) is 0 Å². The van der Waals surface area contributed by atoms with Gasteiger partial charge in [-0.25, -0.2) is 0 Å². The lowest BCUT2D eigenvalue weighted by molar-refractivity contribution is -0.881. The number of nitrogens with zero attached hydrogens (tertiary/aromatic N) is 1. The fourth-order valence-corrected chi connectivity index (χ4v) is 2.34. The Bertz CT molecular complexity index is 647. The number of anilines is 1. The van der Waals surface area contributed by atoms with Gasteiger partial charge in [-0.2, -0.15) is 5.26 Å². The third kappa shape index (κ3) is 6.99. The largest absolute Gasteiger partial charge is 0.347 e. The minimum absolute atomic E-state index is 0.0893. The number of nitriles is 1. The second-order valence-corrected chi connectivity index (χ2v) is 7.02. The van der Waals surface area contributed by atoms with Crippen LogP contribution in [0.1, 0.15) is 33.3 Å². The van der Waals surface area contributed by atoms with Crippen LogP contribution in [0.25, 0.3) is 0 Å². The van der Waals surface area contributed by atoms with Gasteiger partial charge in [-0.05, 0) is 45.9 Å². The highest BCUT2D eigenvalue weighted by Gasteiger charge is 2.20. The smallest absolute Gasteiger partial charge is 0.279 e. The van der Waals surface area contributed by atoms with Crippen LogP contribution in [0.3, 0.4) is 0 Å². The van der Waals surface area contributed by atoms with Crippen molar-refractivity contribution in [3.8, 4) is 6.07 Å². The Balaban J connectivity index is 2.60. The molecule has 24 heavy (non-hydrogen) atoms. The molecule has 3 N–H and O–H groups in total. The SMILES string of the molecule is CC[NH+](CC(=O)Nc1ccc(C#N)c(Cl)c1)CC(=O)NC(C)(C)C. The molecule has 1 atom stereocenters. The number of halogens is 1. The number of rotatable bonds is 6. The van der Waals surface area contributed by atoms with Crippen molar-refractivity contribution >= 4 is 29.1 Å². The van der Waals surface area contributed by atoms with Crippen molar-refractivity contribution in [1.82, 2.24) is 5.32 Å². The summed E-state index contributed by atoms with van der Waals surface area (Å²) in [6.07, 6.45) is 0. The second kappa shape index (κ2) is 8.67. The number of quaternary nitrogens is 1. The molecule has 1 rings (SSSR count). The van der Waals surface area contributed by atoms with Crippen molar-refractivity contribution in [2.45, 2.75) is 33.2 Å². The normalized spacial score (nSPS) is 12.2. The Morgan fingerprint density at radius 1 is 1.25 bits per heavy atom. The molecule has 1 unspecified atom stereocenters. The summed E-state index contributed by atoms with van der Waals surface area (Å²) in [5.74, 6) is -0.301. The van der Waals surface area contributed by atoms with Gasteiger partial charge < -0.3 is 15.5 Å². The number of nitrogens with one attached hydrogen (secondary N) is 3. The molecular weight excluding hydrogens is 328 g/mol. The van der Waals surface area contributed by atoms with Gasteiger partial charge in [-0.3, -0.25) is 9.59 Å². The Hall–Kier alpha value is -2.10. The van der Waals surface area contributed by atoms with Crippen molar-refractivity contribution in [2.75, 3.05) is 25.0 Å². The molecule has 0 aliphatic rings. The quantitative estimate of drug-likeness (QED) is 0.713. The maximum atomic E-state index is 12.1. The Morgan fingerprint density at radius 3 is 2.38 bits per heavy atom. The summed E-state index contributed by atoms with van der Waals surface area (Å²) in [5.41, 5.74) is 0.588. The maximum Gasteiger partial charge on any atom is 0.279 e. The Labute approximate surface area is 147 Å². The summed E-state index contributed by atoms with van der Waals surface area (Å²) in [4.78, 5) is 25.0. The number of hydrogen-bond donors (Lipinski definition) is 3. The van der Waals surface area contributed by atoms with Crippen molar-refractivity contribution in [1.29, 1.82) is 5.26 Å². The van der Waals surface area contributed by atoms with Crippen LogP contribution in [0.4, 0.5) is 5.69 Å². The van der Waals surface area contributed by atoms with Crippen molar-refractivity contribution in [3.63, 3.8) is 0 Å². The van der Waals surface area contributed by atoms with Crippen molar-refractivity contribution < 1.29 is 14.5 Å². The molecule has 1 aromatic rings. The van der Waals surface area contributed by atoms with E-state index in [0.29, 0.717) is 22.8 Å². The molecule has 2 amide bonds. The van der Waals surface area contributed by atoms with Crippen LogP contribution in [-0.2, 0) is 9.59 Å². The van der Waals surface area contributed by atoms with Crippen molar-refractivity contribution in [2.24, 2.45) is 0 Å². The van der Waals surface area contributed by atoms with Crippen LogP contribution < -0.4 is 15.5 Å². The first-order valence-electron chi connectivity index (χ1n) is 7.78. The van der Waals surface area contributed by atoms with E-state index in [1.165, 1.54) is 6.07 Å². The van der Waals surface area contributed by atoms with E-state index in [4.69, 9.17) is 16.9 Å². The molecule has 6 nitrogen and oxygen atoms in total. The summed E-state index contributed by atoms with van der Waals surface area (Å²) >= 11 is 5.94. The van der Waals surface area contributed by atoms with Crippen LogP contribution in [0.15, 0.2) is 18.2 Å². The van der Waals surface area contributed by atoms with Crippen LogP contribution in [0.2, 0.25) is 5.02 Å². The van der Waals surface area contributed by atoms with Gasteiger partial charge in [0, 0.05) is 11.2 Å². The first-order chi connectivity index (χ1) is 11.1. The zero-order chi connectivity index (χ0) is 18.3. The van der Waals surface area contributed by atoms with E-state index >= 15 is 0 Å². The fraction of sp³-hybridized carbons (Fsp3) is 0.471. The van der Waals surface area contributed by atoms with Gasteiger partial charge in [0.1, 0.15) is 6.07 Å².